The minimum absolute atomic E-state index is 1.05. The van der Waals surface area contributed by atoms with Gasteiger partial charge in [0.05, 0.1) is 0 Å². The van der Waals surface area contributed by atoms with Gasteiger partial charge in [0.1, 0.15) is 0 Å². The van der Waals surface area contributed by atoms with Crippen LogP contribution < -0.4 is 0 Å². The molecular weight excluding hydrogens is 144 g/mol. The van der Waals surface area contributed by atoms with Gasteiger partial charge in [-0.1, -0.05) is 34.1 Å². The van der Waals surface area contributed by atoms with Crippen LogP contribution in [0.3, 0.4) is 0 Å². The lowest BCUT2D eigenvalue weighted by molar-refractivity contribution is 0.259. The lowest BCUT2D eigenvalue weighted by Crippen LogP contribution is -2.15. The molecule has 2 fully saturated rings. The van der Waals surface area contributed by atoms with Crippen molar-refractivity contribution >= 4 is 0 Å². The van der Waals surface area contributed by atoms with Crippen molar-refractivity contribution in [3.63, 3.8) is 0 Å². The van der Waals surface area contributed by atoms with Gasteiger partial charge in [-0.25, -0.2) is 0 Å². The molecule has 0 aromatic heterocycles. The Labute approximate surface area is 77.7 Å². The van der Waals surface area contributed by atoms with Gasteiger partial charge in [0.25, 0.3) is 0 Å². The zero-order valence-electron chi connectivity index (χ0n) is 9.14. The third-order valence-electron chi connectivity index (χ3n) is 3.83. The van der Waals surface area contributed by atoms with Crippen LogP contribution in [-0.2, 0) is 0 Å². The fourth-order valence-corrected chi connectivity index (χ4v) is 2.87. The Kier molecular flexibility index (Phi) is 3.61. The van der Waals surface area contributed by atoms with Gasteiger partial charge >= 0.3 is 0 Å². The van der Waals surface area contributed by atoms with Crippen LogP contribution >= 0.6 is 0 Å². The van der Waals surface area contributed by atoms with Crippen LogP contribution in [0.1, 0.15) is 53.4 Å². The first-order valence-electron chi connectivity index (χ1n) is 5.70. The Morgan fingerprint density at radius 2 is 1.25 bits per heavy atom. The van der Waals surface area contributed by atoms with Gasteiger partial charge in [0.15, 0.2) is 0 Å². The van der Waals surface area contributed by atoms with Crippen molar-refractivity contribution in [1.82, 2.24) is 0 Å². The van der Waals surface area contributed by atoms with E-state index in [1.807, 2.05) is 0 Å². The summed E-state index contributed by atoms with van der Waals surface area (Å²) in [5, 5.41) is 0. The van der Waals surface area contributed by atoms with E-state index in [9.17, 15) is 0 Å². The SMILES string of the molecule is CC1C2CCC(C2)C1C.CCC. The fraction of sp³-hybridized carbons (Fsp3) is 1.00. The third kappa shape index (κ3) is 1.84. The Bertz CT molecular complexity index is 110. The molecule has 2 aliphatic carbocycles. The monoisotopic (exact) mass is 168 g/mol. The predicted octanol–water partition coefficient (Wildman–Crippen LogP) is 4.10. The molecule has 0 amide bonds. The highest BCUT2D eigenvalue weighted by Gasteiger charge is 2.42. The molecule has 0 nitrogen and oxygen atoms in total. The van der Waals surface area contributed by atoms with Crippen molar-refractivity contribution in [3.8, 4) is 0 Å². The molecule has 0 N–H and O–H groups in total. The van der Waals surface area contributed by atoms with E-state index in [0.717, 1.165) is 23.7 Å². The van der Waals surface area contributed by atoms with Crippen LogP contribution in [0.4, 0.5) is 0 Å². The summed E-state index contributed by atoms with van der Waals surface area (Å²) >= 11 is 0. The molecule has 0 radical (unpaired) electrons. The molecule has 0 saturated heterocycles. The van der Waals surface area contributed by atoms with Crippen molar-refractivity contribution in [2.75, 3.05) is 0 Å². The molecule has 2 bridgehead atoms. The fourth-order valence-electron chi connectivity index (χ4n) is 2.87. The highest BCUT2D eigenvalue weighted by molar-refractivity contribution is 4.92. The van der Waals surface area contributed by atoms with Gasteiger partial charge in [-0.3, -0.25) is 0 Å². The van der Waals surface area contributed by atoms with Crippen molar-refractivity contribution in [2.45, 2.75) is 53.4 Å². The minimum atomic E-state index is 1.05. The van der Waals surface area contributed by atoms with Gasteiger partial charge in [-0.05, 0) is 42.9 Å². The van der Waals surface area contributed by atoms with Crippen LogP contribution in [0, 0.1) is 23.7 Å². The third-order valence-corrected chi connectivity index (χ3v) is 3.83. The molecule has 0 aromatic carbocycles. The first kappa shape index (κ1) is 10.1. The van der Waals surface area contributed by atoms with E-state index in [1.165, 1.54) is 19.3 Å². The van der Waals surface area contributed by atoms with Crippen LogP contribution in [0.25, 0.3) is 0 Å². The zero-order chi connectivity index (χ0) is 9.14. The van der Waals surface area contributed by atoms with Crippen molar-refractivity contribution in [2.24, 2.45) is 23.7 Å². The highest BCUT2D eigenvalue weighted by atomic mass is 14.5. The van der Waals surface area contributed by atoms with Crippen molar-refractivity contribution < 1.29 is 0 Å². The molecule has 2 saturated carbocycles. The second kappa shape index (κ2) is 4.30. The molecule has 0 aliphatic heterocycles. The average molecular weight is 168 g/mol. The number of hydrogen-bond donors (Lipinski definition) is 0. The van der Waals surface area contributed by atoms with Gasteiger partial charge in [-0.15, -0.1) is 0 Å². The van der Waals surface area contributed by atoms with E-state index in [0.29, 0.717) is 0 Å². The number of hydrogen-bond acceptors (Lipinski definition) is 0. The topological polar surface area (TPSA) is 0 Å². The van der Waals surface area contributed by atoms with Crippen LogP contribution in [0.5, 0.6) is 0 Å². The molecule has 2 aliphatic rings. The summed E-state index contributed by atoms with van der Waals surface area (Å²) in [4.78, 5) is 0. The van der Waals surface area contributed by atoms with Gasteiger partial charge < -0.3 is 0 Å². The summed E-state index contributed by atoms with van der Waals surface area (Å²) in [6, 6.07) is 0. The second-order valence-corrected chi connectivity index (χ2v) is 4.76. The Morgan fingerprint density at radius 1 is 0.917 bits per heavy atom. The van der Waals surface area contributed by atoms with Crippen LogP contribution in [-0.4, -0.2) is 0 Å². The zero-order valence-corrected chi connectivity index (χ0v) is 9.14. The average Bonchev–Trinajstić information content (AvgIpc) is 2.58. The number of fused-ring (bicyclic) bond motifs is 2. The van der Waals surface area contributed by atoms with Crippen molar-refractivity contribution in [3.05, 3.63) is 0 Å². The van der Waals surface area contributed by atoms with Gasteiger partial charge in [-0.2, -0.15) is 0 Å². The summed E-state index contributed by atoms with van der Waals surface area (Å²) in [5.74, 6) is 4.32. The molecular formula is C12H24. The van der Waals surface area contributed by atoms with Gasteiger partial charge in [0.2, 0.25) is 0 Å². The van der Waals surface area contributed by atoms with E-state index in [4.69, 9.17) is 0 Å². The van der Waals surface area contributed by atoms with E-state index in [1.54, 1.807) is 6.42 Å². The van der Waals surface area contributed by atoms with E-state index < -0.39 is 0 Å². The Morgan fingerprint density at radius 3 is 1.42 bits per heavy atom. The first-order chi connectivity index (χ1) is 5.70. The normalized spacial score (nSPS) is 44.0. The maximum atomic E-state index is 2.44. The molecule has 4 atom stereocenters. The molecule has 0 spiro atoms. The summed E-state index contributed by atoms with van der Waals surface area (Å²) in [6.07, 6.45) is 5.88. The summed E-state index contributed by atoms with van der Waals surface area (Å²) < 4.78 is 0. The molecule has 12 heavy (non-hydrogen) atoms. The van der Waals surface area contributed by atoms with Gasteiger partial charge in [0, 0.05) is 0 Å². The van der Waals surface area contributed by atoms with E-state index >= 15 is 0 Å². The Hall–Kier alpha value is 0. The first-order valence-corrected chi connectivity index (χ1v) is 5.70. The smallest absolute Gasteiger partial charge is 0.0383 e. The lowest BCUT2D eigenvalue weighted by atomic mass is 9.82. The van der Waals surface area contributed by atoms with Crippen molar-refractivity contribution in [1.29, 1.82) is 0 Å². The minimum Gasteiger partial charge on any atom is -0.0656 e. The highest BCUT2D eigenvalue weighted by Crippen LogP contribution is 2.51. The molecule has 0 heteroatoms. The number of rotatable bonds is 0. The maximum Gasteiger partial charge on any atom is -0.0383 e. The Balaban J connectivity index is 0.000000213. The van der Waals surface area contributed by atoms with E-state index in [-0.39, 0.29) is 0 Å². The quantitative estimate of drug-likeness (QED) is 0.511. The lowest BCUT2D eigenvalue weighted by Gasteiger charge is -2.24. The molecule has 0 aromatic rings. The summed E-state index contributed by atoms with van der Waals surface area (Å²) in [5.41, 5.74) is 0. The van der Waals surface area contributed by atoms with Crippen LogP contribution in [0.15, 0.2) is 0 Å². The summed E-state index contributed by atoms with van der Waals surface area (Å²) in [6.45, 7) is 9.13. The summed E-state index contributed by atoms with van der Waals surface area (Å²) in [7, 11) is 0. The standard InChI is InChI=1S/C9H16.C3H8/c1-6-7(2)9-4-3-8(6)5-9;1-3-2/h6-9H,3-5H2,1-2H3;3H2,1-2H3. The largest absolute Gasteiger partial charge is 0.0656 e. The van der Waals surface area contributed by atoms with E-state index in [2.05, 4.69) is 27.7 Å². The molecule has 0 heterocycles. The second-order valence-electron chi connectivity index (χ2n) is 4.76. The van der Waals surface area contributed by atoms with Crippen LogP contribution in [0.2, 0.25) is 0 Å². The molecule has 4 unspecified atom stereocenters. The predicted molar refractivity (Wildman–Crippen MR) is 55.1 cm³/mol. The maximum absolute atomic E-state index is 2.44. The molecule has 72 valence electrons. The molecule has 2 rings (SSSR count).